The summed E-state index contributed by atoms with van der Waals surface area (Å²) < 4.78 is 24.6. The van der Waals surface area contributed by atoms with Gasteiger partial charge in [-0.25, -0.2) is 4.98 Å². The number of benzene rings is 1. The predicted molar refractivity (Wildman–Crippen MR) is 73.9 cm³/mol. The highest BCUT2D eigenvalue weighted by Gasteiger charge is 2.31. The zero-order valence-electron chi connectivity index (χ0n) is 11.5. The lowest BCUT2D eigenvalue weighted by Gasteiger charge is -2.16. The van der Waals surface area contributed by atoms with Gasteiger partial charge in [-0.15, -0.1) is 0 Å². The Balaban J connectivity index is 1.81. The quantitative estimate of drug-likeness (QED) is 0.863. The first-order valence-electron chi connectivity index (χ1n) is 6.38. The Morgan fingerprint density at radius 1 is 1.24 bits per heavy atom. The number of pyridine rings is 1. The van der Waals surface area contributed by atoms with Crippen molar-refractivity contribution < 1.29 is 18.7 Å². The van der Waals surface area contributed by atoms with Crippen LogP contribution in [0.3, 0.4) is 0 Å². The lowest BCUT2D eigenvalue weighted by atomic mass is 10.2. The SMILES string of the molecule is CC1(C)Oc2ccc(NC(=O)c3cccnc3F)cc2O1. The molecule has 108 valence electrons. The topological polar surface area (TPSA) is 60.5 Å². The van der Waals surface area contributed by atoms with Crippen LogP contribution in [0.25, 0.3) is 0 Å². The first kappa shape index (κ1) is 13.4. The van der Waals surface area contributed by atoms with Crippen LogP contribution in [-0.4, -0.2) is 16.7 Å². The first-order valence-corrected chi connectivity index (χ1v) is 6.38. The van der Waals surface area contributed by atoms with Crippen LogP contribution in [0.15, 0.2) is 36.5 Å². The van der Waals surface area contributed by atoms with Gasteiger partial charge in [0, 0.05) is 31.8 Å². The van der Waals surface area contributed by atoms with Crippen LogP contribution >= 0.6 is 0 Å². The zero-order chi connectivity index (χ0) is 15.0. The van der Waals surface area contributed by atoms with E-state index in [2.05, 4.69) is 10.3 Å². The van der Waals surface area contributed by atoms with Gasteiger partial charge in [-0.2, -0.15) is 4.39 Å². The number of anilines is 1. The molecular formula is C15H13FN2O3. The number of amides is 1. The summed E-state index contributed by atoms with van der Waals surface area (Å²) >= 11 is 0. The van der Waals surface area contributed by atoms with Crippen molar-refractivity contribution in [1.29, 1.82) is 0 Å². The van der Waals surface area contributed by atoms with Gasteiger partial charge in [-0.3, -0.25) is 4.79 Å². The molecule has 21 heavy (non-hydrogen) atoms. The molecule has 0 spiro atoms. The average Bonchev–Trinajstić information content (AvgIpc) is 2.72. The Kier molecular flexibility index (Phi) is 3.01. The van der Waals surface area contributed by atoms with Crippen molar-refractivity contribution in [2.45, 2.75) is 19.6 Å². The van der Waals surface area contributed by atoms with E-state index in [9.17, 15) is 9.18 Å². The third kappa shape index (κ3) is 2.65. The van der Waals surface area contributed by atoms with Crippen molar-refractivity contribution >= 4 is 11.6 Å². The van der Waals surface area contributed by atoms with Gasteiger partial charge in [0.25, 0.3) is 5.91 Å². The molecule has 0 radical (unpaired) electrons. The number of ether oxygens (including phenoxy) is 2. The fraction of sp³-hybridized carbons (Fsp3) is 0.200. The molecule has 0 fully saturated rings. The predicted octanol–water partition coefficient (Wildman–Crippen LogP) is 2.98. The number of halogens is 1. The van der Waals surface area contributed by atoms with Crippen molar-refractivity contribution in [1.82, 2.24) is 4.98 Å². The maximum atomic E-state index is 13.4. The summed E-state index contributed by atoms with van der Waals surface area (Å²) in [6.45, 7) is 3.58. The molecule has 6 heteroatoms. The second-order valence-electron chi connectivity index (χ2n) is 5.06. The number of nitrogens with zero attached hydrogens (tertiary/aromatic N) is 1. The monoisotopic (exact) mass is 288 g/mol. The van der Waals surface area contributed by atoms with Crippen molar-refractivity contribution in [3.8, 4) is 11.5 Å². The minimum Gasteiger partial charge on any atom is -0.449 e. The molecule has 0 saturated heterocycles. The number of hydrogen-bond donors (Lipinski definition) is 1. The highest BCUT2D eigenvalue weighted by atomic mass is 19.1. The minimum atomic E-state index is -0.808. The van der Waals surface area contributed by atoms with Crippen LogP contribution in [0.1, 0.15) is 24.2 Å². The number of nitrogens with one attached hydrogen (secondary N) is 1. The van der Waals surface area contributed by atoms with Gasteiger partial charge in [-0.05, 0) is 24.3 Å². The first-order chi connectivity index (χ1) is 9.94. The molecule has 0 atom stereocenters. The third-order valence-corrected chi connectivity index (χ3v) is 2.92. The maximum Gasteiger partial charge on any atom is 0.260 e. The van der Waals surface area contributed by atoms with Gasteiger partial charge in [0.15, 0.2) is 11.5 Å². The molecule has 2 heterocycles. The highest BCUT2D eigenvalue weighted by Crippen LogP contribution is 2.40. The van der Waals surface area contributed by atoms with Gasteiger partial charge >= 0.3 is 0 Å². The van der Waals surface area contributed by atoms with Crippen LogP contribution in [0.2, 0.25) is 0 Å². The molecule has 1 aliphatic rings. The Hall–Kier alpha value is -2.63. The Bertz CT molecular complexity index is 716. The molecule has 1 amide bonds. The summed E-state index contributed by atoms with van der Waals surface area (Å²) in [5, 5.41) is 2.60. The fourth-order valence-electron chi connectivity index (χ4n) is 2.05. The summed E-state index contributed by atoms with van der Waals surface area (Å²) in [5.74, 6) is -0.980. The molecule has 5 nitrogen and oxygen atoms in total. The Labute approximate surface area is 120 Å². The summed E-state index contributed by atoms with van der Waals surface area (Å²) in [6, 6.07) is 7.86. The molecule has 1 aromatic heterocycles. The van der Waals surface area contributed by atoms with Crippen LogP contribution in [-0.2, 0) is 0 Å². The van der Waals surface area contributed by atoms with Gasteiger partial charge in [0.05, 0.1) is 5.56 Å². The van der Waals surface area contributed by atoms with Gasteiger partial charge in [0.1, 0.15) is 0 Å². The molecule has 0 saturated carbocycles. The number of carbonyl (C=O) groups is 1. The lowest BCUT2D eigenvalue weighted by Crippen LogP contribution is -2.29. The zero-order valence-corrected chi connectivity index (χ0v) is 11.5. The molecule has 0 aliphatic carbocycles. The van der Waals surface area contributed by atoms with E-state index in [0.717, 1.165) is 0 Å². The van der Waals surface area contributed by atoms with E-state index < -0.39 is 17.6 Å². The molecule has 1 aliphatic heterocycles. The van der Waals surface area contributed by atoms with E-state index in [1.165, 1.54) is 18.3 Å². The minimum absolute atomic E-state index is 0.115. The Morgan fingerprint density at radius 3 is 2.76 bits per heavy atom. The van der Waals surface area contributed by atoms with Crippen molar-refractivity contribution in [2.75, 3.05) is 5.32 Å². The largest absolute Gasteiger partial charge is 0.449 e. The van der Waals surface area contributed by atoms with E-state index in [0.29, 0.717) is 17.2 Å². The molecule has 1 N–H and O–H groups in total. The van der Waals surface area contributed by atoms with E-state index in [1.54, 1.807) is 32.0 Å². The molecule has 2 aromatic rings. The van der Waals surface area contributed by atoms with E-state index >= 15 is 0 Å². The highest BCUT2D eigenvalue weighted by molar-refractivity contribution is 6.04. The van der Waals surface area contributed by atoms with Gasteiger partial charge in [0.2, 0.25) is 11.7 Å². The second kappa shape index (κ2) is 4.73. The third-order valence-electron chi connectivity index (χ3n) is 2.92. The second-order valence-corrected chi connectivity index (χ2v) is 5.06. The number of hydrogen-bond acceptors (Lipinski definition) is 4. The van der Waals surface area contributed by atoms with E-state index in [4.69, 9.17) is 9.47 Å². The molecular weight excluding hydrogens is 275 g/mol. The molecule has 0 bridgehead atoms. The van der Waals surface area contributed by atoms with Crippen molar-refractivity contribution in [2.24, 2.45) is 0 Å². The molecule has 3 rings (SSSR count). The van der Waals surface area contributed by atoms with Crippen LogP contribution in [0.4, 0.5) is 10.1 Å². The fourth-order valence-corrected chi connectivity index (χ4v) is 2.05. The normalized spacial score (nSPS) is 14.8. The summed E-state index contributed by atoms with van der Waals surface area (Å²) in [5.41, 5.74) is 0.374. The van der Waals surface area contributed by atoms with E-state index in [-0.39, 0.29) is 5.56 Å². The average molecular weight is 288 g/mol. The molecule has 1 aromatic carbocycles. The van der Waals surface area contributed by atoms with Crippen LogP contribution < -0.4 is 14.8 Å². The number of rotatable bonds is 2. The van der Waals surface area contributed by atoms with Crippen LogP contribution in [0.5, 0.6) is 11.5 Å². The Morgan fingerprint density at radius 2 is 2.00 bits per heavy atom. The number of carbonyl (C=O) groups excluding carboxylic acids is 1. The summed E-state index contributed by atoms with van der Waals surface area (Å²) in [4.78, 5) is 15.4. The van der Waals surface area contributed by atoms with E-state index in [1.807, 2.05) is 0 Å². The summed E-state index contributed by atoms with van der Waals surface area (Å²) in [6.07, 6.45) is 1.29. The maximum absolute atomic E-state index is 13.4. The number of fused-ring (bicyclic) bond motifs is 1. The number of aromatic nitrogens is 1. The van der Waals surface area contributed by atoms with Gasteiger partial charge < -0.3 is 14.8 Å². The smallest absolute Gasteiger partial charge is 0.260 e. The van der Waals surface area contributed by atoms with Gasteiger partial charge in [-0.1, -0.05) is 0 Å². The standard InChI is InChI=1S/C15H13FN2O3/c1-15(2)20-11-6-5-9(8-12(11)21-15)18-14(19)10-4-3-7-17-13(10)16/h3-8H,1-2H3,(H,18,19). The molecule has 0 unspecified atom stereocenters. The lowest BCUT2D eigenvalue weighted by molar-refractivity contribution is -0.0431. The van der Waals surface area contributed by atoms with Crippen LogP contribution in [0, 0.1) is 5.95 Å². The van der Waals surface area contributed by atoms with Crippen molar-refractivity contribution in [3.63, 3.8) is 0 Å². The summed E-state index contributed by atoms with van der Waals surface area (Å²) in [7, 11) is 0. The van der Waals surface area contributed by atoms with Crippen molar-refractivity contribution in [3.05, 3.63) is 48.0 Å².